The molecule has 0 atom stereocenters. The Labute approximate surface area is 191 Å². The lowest BCUT2D eigenvalue weighted by Gasteiger charge is -2.22. The van der Waals surface area contributed by atoms with E-state index in [1.165, 1.54) is 18.5 Å². The Morgan fingerprint density at radius 2 is 2.03 bits per heavy atom. The minimum atomic E-state index is -4.40. The van der Waals surface area contributed by atoms with Crippen LogP contribution in [0.25, 0.3) is 11.0 Å². The summed E-state index contributed by atoms with van der Waals surface area (Å²) in [5, 5.41) is 9.71. The zero-order valence-electron chi connectivity index (χ0n) is 17.0. The van der Waals surface area contributed by atoms with Crippen molar-refractivity contribution in [3.8, 4) is 0 Å². The van der Waals surface area contributed by atoms with Crippen LogP contribution in [0.15, 0.2) is 30.6 Å². The smallest absolute Gasteiger partial charge is 0.310 e. The van der Waals surface area contributed by atoms with E-state index in [9.17, 15) is 27.5 Å². The average molecular weight is 499 g/mol. The molecule has 0 saturated heterocycles. The topological polar surface area (TPSA) is 132 Å². The fourth-order valence-corrected chi connectivity index (χ4v) is 4.62. The summed E-state index contributed by atoms with van der Waals surface area (Å²) in [4.78, 5) is 31.0. The summed E-state index contributed by atoms with van der Waals surface area (Å²) in [7, 11) is -3.26. The van der Waals surface area contributed by atoms with Crippen LogP contribution in [0, 0.1) is 17.0 Å². The molecular formula is C20H17ClF2N4O5S. The Hall–Kier alpha value is -3.09. The predicted octanol–water partition coefficient (Wildman–Crippen LogP) is 3.18. The molecule has 3 N–H and O–H groups in total. The minimum absolute atomic E-state index is 0.105. The van der Waals surface area contributed by atoms with Crippen LogP contribution < -0.4 is 4.72 Å². The highest BCUT2D eigenvalue weighted by atomic mass is 35.5. The number of carbonyl (C=O) groups is 2. The molecule has 0 spiro atoms. The van der Waals surface area contributed by atoms with Gasteiger partial charge in [-0.2, -0.15) is 12.7 Å². The molecule has 0 amide bonds. The second kappa shape index (κ2) is 8.04. The maximum Gasteiger partial charge on any atom is 0.310 e. The number of nitrogens with zero attached hydrogens (tertiary/aromatic N) is 2. The number of carboxylic acids is 1. The number of halogens is 3. The molecule has 0 radical (unpaired) electrons. The van der Waals surface area contributed by atoms with Gasteiger partial charge in [0.05, 0.1) is 21.7 Å². The summed E-state index contributed by atoms with van der Waals surface area (Å²) >= 11 is 5.90. The largest absolute Gasteiger partial charge is 0.481 e. The van der Waals surface area contributed by atoms with Crippen molar-refractivity contribution in [2.24, 2.45) is 5.41 Å². The lowest BCUT2D eigenvalue weighted by atomic mass is 10.0. The van der Waals surface area contributed by atoms with Gasteiger partial charge in [-0.1, -0.05) is 11.6 Å². The Morgan fingerprint density at radius 1 is 1.33 bits per heavy atom. The van der Waals surface area contributed by atoms with Crippen molar-refractivity contribution in [3.63, 3.8) is 0 Å². The molecule has 1 aliphatic carbocycles. The Balaban J connectivity index is 1.66. The van der Waals surface area contributed by atoms with Crippen molar-refractivity contribution in [1.82, 2.24) is 14.3 Å². The number of benzene rings is 1. The zero-order chi connectivity index (χ0) is 24.1. The van der Waals surface area contributed by atoms with Crippen molar-refractivity contribution in [3.05, 3.63) is 58.4 Å². The van der Waals surface area contributed by atoms with Gasteiger partial charge in [0, 0.05) is 36.9 Å². The molecule has 33 heavy (non-hydrogen) atoms. The van der Waals surface area contributed by atoms with E-state index in [-0.39, 0.29) is 28.2 Å². The van der Waals surface area contributed by atoms with E-state index in [1.54, 1.807) is 0 Å². The number of rotatable bonds is 8. The number of aromatic nitrogens is 2. The van der Waals surface area contributed by atoms with Crippen LogP contribution in [0.2, 0.25) is 5.02 Å². The maximum absolute atomic E-state index is 15.2. The SMILES string of the molecule is CN(CC1(C(=O)O)CC1)S(=O)(=O)Nc1ccc(F)c(C(=O)c2c[nH]c3ncc(Cl)cc23)c1F. The van der Waals surface area contributed by atoms with E-state index < -0.39 is 50.3 Å². The van der Waals surface area contributed by atoms with Crippen LogP contribution in [-0.4, -0.2) is 53.1 Å². The van der Waals surface area contributed by atoms with Crippen molar-refractivity contribution in [1.29, 1.82) is 0 Å². The first-order chi connectivity index (χ1) is 15.4. The number of H-pyrrole nitrogens is 1. The number of aliphatic carboxylic acids is 1. The monoisotopic (exact) mass is 498 g/mol. The number of fused-ring (bicyclic) bond motifs is 1. The molecule has 1 aromatic carbocycles. The summed E-state index contributed by atoms with van der Waals surface area (Å²) < 4.78 is 57.6. The highest BCUT2D eigenvalue weighted by Crippen LogP contribution is 2.46. The lowest BCUT2D eigenvalue weighted by Crippen LogP contribution is -2.39. The Bertz CT molecular complexity index is 1400. The van der Waals surface area contributed by atoms with Crippen LogP contribution in [0.5, 0.6) is 0 Å². The summed E-state index contributed by atoms with van der Waals surface area (Å²) in [6.45, 7) is -0.324. The second-order valence-electron chi connectivity index (χ2n) is 7.81. The first-order valence-corrected chi connectivity index (χ1v) is 11.4. The quantitative estimate of drug-likeness (QED) is 0.409. The number of aromatic amines is 1. The van der Waals surface area contributed by atoms with E-state index in [4.69, 9.17) is 11.6 Å². The van der Waals surface area contributed by atoms with Crippen LogP contribution in [-0.2, 0) is 15.0 Å². The number of carbonyl (C=O) groups excluding carboxylic acids is 1. The van der Waals surface area contributed by atoms with Crippen molar-refractivity contribution in [2.75, 3.05) is 18.3 Å². The predicted molar refractivity (Wildman–Crippen MR) is 115 cm³/mol. The Kier molecular flexibility index (Phi) is 5.63. The normalized spacial score (nSPS) is 15.1. The maximum atomic E-state index is 15.2. The molecule has 9 nitrogen and oxygen atoms in total. The third-order valence-corrected chi connectivity index (χ3v) is 7.18. The van der Waals surface area contributed by atoms with Gasteiger partial charge in [0.1, 0.15) is 11.5 Å². The van der Waals surface area contributed by atoms with Gasteiger partial charge in [0.15, 0.2) is 5.82 Å². The number of ketones is 1. The fraction of sp³-hybridized carbons (Fsp3) is 0.250. The van der Waals surface area contributed by atoms with E-state index in [0.29, 0.717) is 12.8 Å². The van der Waals surface area contributed by atoms with Gasteiger partial charge in [-0.25, -0.2) is 13.8 Å². The standard InChI is InChI=1S/C20H17ClF2N4O5S/c1-27(9-20(4-5-20)19(29)30)33(31,32)26-14-3-2-13(22)15(16(14)23)17(28)12-8-25-18-11(12)6-10(21)7-24-18/h2-3,6-8,26H,4-5,9H2,1H3,(H,24,25)(H,29,30). The van der Waals surface area contributed by atoms with Crippen LogP contribution in [0.1, 0.15) is 28.8 Å². The number of hydrogen-bond acceptors (Lipinski definition) is 5. The average Bonchev–Trinajstić information content (AvgIpc) is 3.41. The molecule has 2 heterocycles. The molecule has 174 valence electrons. The fourth-order valence-electron chi connectivity index (χ4n) is 3.46. The van der Waals surface area contributed by atoms with Gasteiger partial charge in [0.25, 0.3) is 0 Å². The molecule has 4 rings (SSSR count). The lowest BCUT2D eigenvalue weighted by molar-refractivity contribution is -0.143. The third-order valence-electron chi connectivity index (χ3n) is 5.54. The van der Waals surface area contributed by atoms with Crippen molar-refractivity contribution in [2.45, 2.75) is 12.8 Å². The van der Waals surface area contributed by atoms with E-state index in [1.807, 2.05) is 4.72 Å². The molecule has 1 saturated carbocycles. The molecule has 0 unspecified atom stereocenters. The van der Waals surface area contributed by atoms with Gasteiger partial charge >= 0.3 is 16.2 Å². The number of carboxylic acid groups (broad SMARTS) is 1. The van der Waals surface area contributed by atoms with E-state index in [0.717, 1.165) is 23.5 Å². The summed E-state index contributed by atoms with van der Waals surface area (Å²) in [5.74, 6) is -4.78. The summed E-state index contributed by atoms with van der Waals surface area (Å²) in [5.41, 5.74) is -2.65. The first kappa shape index (κ1) is 23.1. The van der Waals surface area contributed by atoms with Gasteiger partial charge in [0.2, 0.25) is 5.78 Å². The van der Waals surface area contributed by atoms with Crippen LogP contribution >= 0.6 is 11.6 Å². The number of pyridine rings is 1. The Morgan fingerprint density at radius 3 is 2.67 bits per heavy atom. The van der Waals surface area contributed by atoms with Crippen molar-refractivity contribution >= 4 is 50.3 Å². The number of anilines is 1. The van der Waals surface area contributed by atoms with Gasteiger partial charge in [-0.05, 0) is 31.0 Å². The molecule has 0 bridgehead atoms. The van der Waals surface area contributed by atoms with Gasteiger partial charge in [-0.15, -0.1) is 0 Å². The molecule has 3 aromatic rings. The zero-order valence-corrected chi connectivity index (χ0v) is 18.6. The first-order valence-electron chi connectivity index (χ1n) is 9.58. The highest BCUT2D eigenvalue weighted by molar-refractivity contribution is 7.90. The van der Waals surface area contributed by atoms with E-state index in [2.05, 4.69) is 9.97 Å². The molecule has 1 fully saturated rings. The van der Waals surface area contributed by atoms with Gasteiger partial charge in [-0.3, -0.25) is 14.3 Å². The van der Waals surface area contributed by atoms with Gasteiger partial charge < -0.3 is 10.1 Å². The molecule has 2 aromatic heterocycles. The number of hydrogen-bond donors (Lipinski definition) is 3. The molecule has 13 heteroatoms. The van der Waals surface area contributed by atoms with Crippen molar-refractivity contribution < 1.29 is 31.9 Å². The van der Waals surface area contributed by atoms with E-state index >= 15 is 4.39 Å². The third kappa shape index (κ3) is 4.16. The highest BCUT2D eigenvalue weighted by Gasteiger charge is 2.52. The number of nitrogens with one attached hydrogen (secondary N) is 2. The second-order valence-corrected chi connectivity index (χ2v) is 10.0. The summed E-state index contributed by atoms with van der Waals surface area (Å²) in [6, 6.07) is 3.00. The molecule has 0 aliphatic heterocycles. The van der Waals surface area contributed by atoms with Crippen LogP contribution in [0.3, 0.4) is 0 Å². The molecular weight excluding hydrogens is 482 g/mol. The summed E-state index contributed by atoms with van der Waals surface area (Å²) in [6.07, 6.45) is 3.18. The van der Waals surface area contributed by atoms with Crippen LogP contribution in [0.4, 0.5) is 14.5 Å². The minimum Gasteiger partial charge on any atom is -0.481 e. The molecule has 1 aliphatic rings.